The van der Waals surface area contributed by atoms with E-state index in [2.05, 4.69) is 38.6 Å². The van der Waals surface area contributed by atoms with E-state index >= 15 is 0 Å². The first-order chi connectivity index (χ1) is 14.6. The number of hydrogen-bond donors (Lipinski definition) is 1. The molecule has 4 aromatic rings. The van der Waals surface area contributed by atoms with Gasteiger partial charge in [0.1, 0.15) is 5.82 Å². The summed E-state index contributed by atoms with van der Waals surface area (Å²) in [6.07, 6.45) is 1.11. The Bertz CT molecular complexity index is 1290. The van der Waals surface area contributed by atoms with Gasteiger partial charge in [0.25, 0.3) is 5.56 Å². The third-order valence-corrected chi connectivity index (χ3v) is 8.24. The van der Waals surface area contributed by atoms with E-state index in [-0.39, 0.29) is 17.5 Å². The van der Waals surface area contributed by atoms with Gasteiger partial charge in [-0.3, -0.25) is 9.69 Å². The molecular formula is C21H21N5O2S2. The quantitative estimate of drug-likeness (QED) is 0.530. The number of aromatic nitrogens is 4. The van der Waals surface area contributed by atoms with Gasteiger partial charge < -0.3 is 9.67 Å². The van der Waals surface area contributed by atoms with E-state index in [4.69, 9.17) is 0 Å². The Hall–Kier alpha value is -2.49. The molecule has 0 aromatic carbocycles. The molecule has 2 bridgehead atoms. The molecule has 154 valence electrons. The number of thiophene rings is 1. The van der Waals surface area contributed by atoms with Crippen LogP contribution in [-0.4, -0.2) is 42.3 Å². The zero-order valence-corrected chi connectivity index (χ0v) is 18.1. The van der Waals surface area contributed by atoms with E-state index in [1.165, 1.54) is 16.2 Å². The minimum Gasteiger partial charge on any atom is -0.492 e. The summed E-state index contributed by atoms with van der Waals surface area (Å²) in [6, 6.07) is 9.79. The Morgan fingerprint density at radius 2 is 2.10 bits per heavy atom. The average Bonchev–Trinajstić information content (AvgIpc) is 3.43. The molecule has 0 aliphatic carbocycles. The lowest BCUT2D eigenvalue weighted by Crippen LogP contribution is -2.48. The van der Waals surface area contributed by atoms with Crippen molar-refractivity contribution < 1.29 is 5.11 Å². The molecule has 9 heteroatoms. The third kappa shape index (κ3) is 2.76. The van der Waals surface area contributed by atoms with Crippen LogP contribution in [0.5, 0.6) is 5.88 Å². The number of aryl methyl sites for hydroxylation is 1. The van der Waals surface area contributed by atoms with E-state index in [0.717, 1.165) is 41.6 Å². The van der Waals surface area contributed by atoms with Crippen LogP contribution in [0.25, 0.3) is 4.96 Å². The molecule has 1 N–H and O–H groups in total. The van der Waals surface area contributed by atoms with Gasteiger partial charge in [-0.25, -0.2) is 4.98 Å². The van der Waals surface area contributed by atoms with E-state index in [1.54, 1.807) is 21.9 Å². The maximum atomic E-state index is 12.4. The first-order valence-electron chi connectivity index (χ1n) is 10.1. The molecule has 0 spiro atoms. The second kappa shape index (κ2) is 6.76. The largest absolute Gasteiger partial charge is 0.492 e. The van der Waals surface area contributed by atoms with Gasteiger partial charge in [-0.05, 0) is 36.8 Å². The Morgan fingerprint density at radius 3 is 2.90 bits per heavy atom. The molecule has 1 fully saturated rings. The van der Waals surface area contributed by atoms with Crippen LogP contribution in [0.1, 0.15) is 39.7 Å². The van der Waals surface area contributed by atoms with Crippen LogP contribution in [0.15, 0.2) is 40.5 Å². The standard InChI is InChI=1S/C21H21N5O2S2/c1-12-22-21-26(23-12)20(28)19(30-21)18(16-5-3-7-29-16)24-9-13-8-14(11-24)15-4-2-6-17(27)25(15)10-13/h2-7,13-14,18,28H,8-11H2,1H3/t13-,14+,18+/m1/s1. The van der Waals surface area contributed by atoms with Gasteiger partial charge in [0.15, 0.2) is 0 Å². The third-order valence-electron chi connectivity index (χ3n) is 6.24. The summed E-state index contributed by atoms with van der Waals surface area (Å²) in [7, 11) is 0. The van der Waals surface area contributed by atoms with Crippen LogP contribution in [0.2, 0.25) is 0 Å². The van der Waals surface area contributed by atoms with E-state index in [0.29, 0.717) is 17.7 Å². The van der Waals surface area contributed by atoms with Crippen LogP contribution in [0.3, 0.4) is 0 Å². The summed E-state index contributed by atoms with van der Waals surface area (Å²) in [4.78, 5) is 22.1. The zero-order valence-electron chi connectivity index (χ0n) is 16.4. The zero-order chi connectivity index (χ0) is 20.4. The minimum atomic E-state index is -0.0360. The molecule has 0 radical (unpaired) electrons. The Morgan fingerprint density at radius 1 is 1.20 bits per heavy atom. The molecule has 0 unspecified atom stereocenters. The molecule has 7 nitrogen and oxygen atoms in total. The van der Waals surface area contributed by atoms with Gasteiger partial charge in [0, 0.05) is 42.2 Å². The molecule has 6 heterocycles. The molecule has 3 atom stereocenters. The lowest BCUT2D eigenvalue weighted by atomic mass is 9.82. The molecular weight excluding hydrogens is 418 g/mol. The van der Waals surface area contributed by atoms with Crippen molar-refractivity contribution in [2.75, 3.05) is 13.1 Å². The smallest absolute Gasteiger partial charge is 0.250 e. The molecule has 4 aromatic heterocycles. The Balaban J connectivity index is 1.43. The first-order valence-corrected chi connectivity index (χ1v) is 11.8. The van der Waals surface area contributed by atoms with Crippen molar-refractivity contribution in [2.45, 2.75) is 31.8 Å². The van der Waals surface area contributed by atoms with Crippen molar-refractivity contribution in [1.82, 2.24) is 24.1 Å². The normalized spacial score (nSPS) is 22.3. The number of piperidine rings is 1. The summed E-state index contributed by atoms with van der Waals surface area (Å²) in [5.74, 6) is 1.58. The van der Waals surface area contributed by atoms with Crippen molar-refractivity contribution in [3.8, 4) is 5.88 Å². The van der Waals surface area contributed by atoms with E-state index < -0.39 is 0 Å². The van der Waals surface area contributed by atoms with Gasteiger partial charge in [-0.2, -0.15) is 4.52 Å². The highest BCUT2D eigenvalue weighted by Crippen LogP contribution is 2.45. The van der Waals surface area contributed by atoms with Crippen molar-refractivity contribution >= 4 is 27.6 Å². The van der Waals surface area contributed by atoms with E-state index in [9.17, 15) is 9.90 Å². The van der Waals surface area contributed by atoms with Gasteiger partial charge in [-0.1, -0.05) is 23.5 Å². The van der Waals surface area contributed by atoms with Gasteiger partial charge in [0.05, 0.1) is 10.9 Å². The van der Waals surface area contributed by atoms with Gasteiger partial charge in [0.2, 0.25) is 10.8 Å². The minimum absolute atomic E-state index is 0.0360. The number of pyridine rings is 1. The summed E-state index contributed by atoms with van der Waals surface area (Å²) in [5, 5.41) is 17.4. The predicted molar refractivity (Wildman–Crippen MR) is 117 cm³/mol. The number of likely N-dealkylation sites (tertiary alicyclic amines) is 1. The monoisotopic (exact) mass is 439 g/mol. The SMILES string of the molecule is Cc1nc2sc([C@H](c3cccs3)N3C[C@H]4C[C@@H](C3)c3cccc(=O)n3C4)c(O)n2n1. The number of thiazole rings is 1. The maximum absolute atomic E-state index is 12.4. The lowest BCUT2D eigenvalue weighted by molar-refractivity contribution is 0.0964. The van der Waals surface area contributed by atoms with Crippen molar-refractivity contribution in [3.05, 3.63) is 67.3 Å². The van der Waals surface area contributed by atoms with Crippen LogP contribution in [-0.2, 0) is 6.54 Å². The topological polar surface area (TPSA) is 75.7 Å². The fourth-order valence-corrected chi connectivity index (χ4v) is 7.19. The summed E-state index contributed by atoms with van der Waals surface area (Å²) in [6.45, 7) is 4.35. The van der Waals surface area contributed by atoms with Crippen molar-refractivity contribution in [3.63, 3.8) is 0 Å². The molecule has 0 saturated carbocycles. The maximum Gasteiger partial charge on any atom is 0.250 e. The second-order valence-corrected chi connectivity index (χ2v) is 10.2. The van der Waals surface area contributed by atoms with Crippen LogP contribution in [0.4, 0.5) is 0 Å². The highest BCUT2D eigenvalue weighted by Gasteiger charge is 2.39. The summed E-state index contributed by atoms with van der Waals surface area (Å²) < 4.78 is 3.51. The molecule has 2 aliphatic rings. The highest BCUT2D eigenvalue weighted by molar-refractivity contribution is 7.17. The number of hydrogen-bond acceptors (Lipinski definition) is 7. The molecule has 6 rings (SSSR count). The lowest BCUT2D eigenvalue weighted by Gasteiger charge is -2.45. The number of nitrogens with zero attached hydrogens (tertiary/aromatic N) is 5. The van der Waals surface area contributed by atoms with E-state index in [1.807, 2.05) is 17.6 Å². The molecule has 0 amide bonds. The fourth-order valence-electron chi connectivity index (χ4n) is 5.09. The summed E-state index contributed by atoms with van der Waals surface area (Å²) >= 11 is 3.22. The van der Waals surface area contributed by atoms with Crippen molar-refractivity contribution in [2.24, 2.45) is 5.92 Å². The van der Waals surface area contributed by atoms with Crippen LogP contribution < -0.4 is 5.56 Å². The van der Waals surface area contributed by atoms with Crippen molar-refractivity contribution in [1.29, 1.82) is 0 Å². The number of aromatic hydroxyl groups is 1. The van der Waals surface area contributed by atoms with Crippen LogP contribution in [0, 0.1) is 12.8 Å². The Kier molecular flexibility index (Phi) is 4.12. The fraction of sp³-hybridized carbons (Fsp3) is 0.381. The molecule has 30 heavy (non-hydrogen) atoms. The first kappa shape index (κ1) is 18.3. The van der Waals surface area contributed by atoms with Gasteiger partial charge >= 0.3 is 0 Å². The Labute approximate surface area is 180 Å². The van der Waals surface area contributed by atoms with Crippen LogP contribution >= 0.6 is 22.7 Å². The molecule has 1 saturated heterocycles. The van der Waals surface area contributed by atoms with Gasteiger partial charge in [-0.15, -0.1) is 16.4 Å². The summed E-state index contributed by atoms with van der Waals surface area (Å²) in [5.41, 5.74) is 1.24. The molecule has 2 aliphatic heterocycles. The second-order valence-electron chi connectivity index (χ2n) is 8.21. The number of fused-ring (bicyclic) bond motifs is 5. The highest BCUT2D eigenvalue weighted by atomic mass is 32.1. The number of rotatable bonds is 3. The predicted octanol–water partition coefficient (Wildman–Crippen LogP) is 3.24. The average molecular weight is 440 g/mol.